The van der Waals surface area contributed by atoms with Crippen molar-refractivity contribution in [1.29, 1.82) is 0 Å². The van der Waals surface area contributed by atoms with Gasteiger partial charge in [-0.15, -0.1) is 0 Å². The Bertz CT molecular complexity index is 800. The van der Waals surface area contributed by atoms with Crippen LogP contribution in [-0.4, -0.2) is 35.4 Å². The van der Waals surface area contributed by atoms with Gasteiger partial charge in [0.2, 0.25) is 0 Å². The molecule has 0 spiro atoms. The van der Waals surface area contributed by atoms with E-state index in [1.165, 1.54) is 11.3 Å². The van der Waals surface area contributed by atoms with Crippen LogP contribution in [0.1, 0.15) is 36.4 Å². The predicted octanol–water partition coefficient (Wildman–Crippen LogP) is 3.39. The number of halogens is 1. The largest absolute Gasteiger partial charge is 0.496 e. The number of aliphatic imine (C=N–C) groups is 1. The van der Waals surface area contributed by atoms with Gasteiger partial charge < -0.3 is 15.4 Å². The molecule has 2 aromatic rings. The first kappa shape index (κ1) is 21.1. The molecule has 2 N–H and O–H groups in total. The van der Waals surface area contributed by atoms with Crippen LogP contribution in [0.4, 0.5) is 0 Å². The third-order valence-electron chi connectivity index (χ3n) is 4.55. The highest BCUT2D eigenvalue weighted by Crippen LogP contribution is 2.23. The Morgan fingerprint density at radius 1 is 1.37 bits per heavy atom. The van der Waals surface area contributed by atoms with Crippen molar-refractivity contribution >= 4 is 17.6 Å². The lowest BCUT2D eigenvalue weighted by Crippen LogP contribution is -2.43. The molecule has 0 saturated carbocycles. The van der Waals surface area contributed by atoms with Crippen LogP contribution < -0.4 is 15.4 Å². The number of aryl methyl sites for hydroxylation is 2. The molecular weight excluding hydrogens is 362 g/mol. The zero-order valence-corrected chi connectivity index (χ0v) is 17.8. The lowest BCUT2D eigenvalue weighted by atomic mass is 10.1. The zero-order valence-electron chi connectivity index (χ0n) is 17.1. The Balaban J connectivity index is 2.09. The second-order valence-corrected chi connectivity index (χ2v) is 7.11. The van der Waals surface area contributed by atoms with E-state index in [0.717, 1.165) is 35.9 Å². The van der Waals surface area contributed by atoms with E-state index in [-0.39, 0.29) is 6.04 Å². The van der Waals surface area contributed by atoms with Crippen molar-refractivity contribution in [1.82, 2.24) is 20.4 Å². The standard InChI is InChI=1S/C20H30ClN5O/c1-7-22-20(23-12-16-8-9-17(21)11-19(16)27-6)24-13(2)10-18-14(3)25-26(5)15(18)4/h8-9,11,13H,7,10,12H2,1-6H3,(H2,22,23,24). The molecule has 6 nitrogen and oxygen atoms in total. The van der Waals surface area contributed by atoms with Crippen LogP contribution in [-0.2, 0) is 20.0 Å². The fraction of sp³-hybridized carbons (Fsp3) is 0.500. The predicted molar refractivity (Wildman–Crippen MR) is 112 cm³/mol. The number of methoxy groups -OCH3 is 1. The van der Waals surface area contributed by atoms with Gasteiger partial charge in [-0.1, -0.05) is 17.7 Å². The Kier molecular flexibility index (Phi) is 7.54. The van der Waals surface area contributed by atoms with Gasteiger partial charge in [0.15, 0.2) is 5.96 Å². The molecule has 0 aliphatic rings. The van der Waals surface area contributed by atoms with Crippen molar-refractivity contribution in [2.75, 3.05) is 13.7 Å². The highest BCUT2D eigenvalue weighted by atomic mass is 35.5. The number of guanidine groups is 1. The minimum Gasteiger partial charge on any atom is -0.496 e. The van der Waals surface area contributed by atoms with E-state index in [4.69, 9.17) is 21.3 Å². The van der Waals surface area contributed by atoms with Gasteiger partial charge in [-0.3, -0.25) is 4.68 Å². The SMILES string of the molecule is CCNC(=NCc1ccc(Cl)cc1OC)NC(C)Cc1c(C)nn(C)c1C. The third-order valence-corrected chi connectivity index (χ3v) is 4.79. The first-order valence-corrected chi connectivity index (χ1v) is 9.59. The first-order chi connectivity index (χ1) is 12.8. The maximum absolute atomic E-state index is 6.03. The van der Waals surface area contributed by atoms with E-state index in [1.54, 1.807) is 7.11 Å². The molecule has 1 aromatic heterocycles. The molecule has 1 aromatic carbocycles. The molecule has 1 heterocycles. The highest BCUT2D eigenvalue weighted by molar-refractivity contribution is 6.30. The van der Waals surface area contributed by atoms with E-state index in [9.17, 15) is 0 Å². The summed E-state index contributed by atoms with van der Waals surface area (Å²) in [6.07, 6.45) is 0.889. The van der Waals surface area contributed by atoms with Crippen LogP contribution in [0.25, 0.3) is 0 Å². The molecule has 0 aliphatic heterocycles. The van der Waals surface area contributed by atoms with Gasteiger partial charge in [-0.2, -0.15) is 5.10 Å². The van der Waals surface area contributed by atoms with E-state index < -0.39 is 0 Å². The van der Waals surface area contributed by atoms with Gasteiger partial charge >= 0.3 is 0 Å². The summed E-state index contributed by atoms with van der Waals surface area (Å²) in [5, 5.41) is 11.9. The summed E-state index contributed by atoms with van der Waals surface area (Å²) in [4.78, 5) is 4.70. The Hall–Kier alpha value is -2.21. The second kappa shape index (κ2) is 9.65. The minimum absolute atomic E-state index is 0.219. The molecular formula is C20H30ClN5O. The number of nitrogens with one attached hydrogen (secondary N) is 2. The summed E-state index contributed by atoms with van der Waals surface area (Å²) >= 11 is 6.03. The number of benzene rings is 1. The monoisotopic (exact) mass is 391 g/mol. The quantitative estimate of drug-likeness (QED) is 0.561. The summed E-state index contributed by atoms with van der Waals surface area (Å²) < 4.78 is 7.34. The molecule has 2 rings (SSSR count). The van der Waals surface area contributed by atoms with Crippen molar-refractivity contribution in [2.45, 2.75) is 46.7 Å². The molecule has 0 saturated heterocycles. The number of hydrogen-bond donors (Lipinski definition) is 2. The van der Waals surface area contributed by atoms with Gasteiger partial charge in [0.05, 0.1) is 19.3 Å². The normalized spacial score (nSPS) is 12.8. The number of nitrogens with zero attached hydrogens (tertiary/aromatic N) is 3. The maximum Gasteiger partial charge on any atom is 0.191 e. The molecule has 27 heavy (non-hydrogen) atoms. The van der Waals surface area contributed by atoms with E-state index in [2.05, 4.69) is 43.4 Å². The highest BCUT2D eigenvalue weighted by Gasteiger charge is 2.14. The number of aromatic nitrogens is 2. The van der Waals surface area contributed by atoms with Crippen LogP contribution in [0.2, 0.25) is 5.02 Å². The fourth-order valence-electron chi connectivity index (χ4n) is 3.04. The van der Waals surface area contributed by atoms with Gasteiger partial charge in [0.1, 0.15) is 5.75 Å². The van der Waals surface area contributed by atoms with Crippen molar-refractivity contribution in [3.8, 4) is 5.75 Å². The van der Waals surface area contributed by atoms with Crippen molar-refractivity contribution in [3.63, 3.8) is 0 Å². The maximum atomic E-state index is 6.03. The Morgan fingerprint density at radius 3 is 2.70 bits per heavy atom. The van der Waals surface area contributed by atoms with Crippen LogP contribution in [0, 0.1) is 13.8 Å². The van der Waals surface area contributed by atoms with Gasteiger partial charge in [-0.25, -0.2) is 4.99 Å². The van der Waals surface area contributed by atoms with Gasteiger partial charge in [0, 0.05) is 35.9 Å². The summed E-state index contributed by atoms with van der Waals surface area (Å²) in [7, 11) is 3.62. The fourth-order valence-corrected chi connectivity index (χ4v) is 3.20. The van der Waals surface area contributed by atoms with Crippen LogP contribution in [0.3, 0.4) is 0 Å². The lowest BCUT2D eigenvalue weighted by molar-refractivity contribution is 0.410. The summed E-state index contributed by atoms with van der Waals surface area (Å²) in [5.41, 5.74) is 4.56. The molecule has 0 aliphatic carbocycles. The van der Waals surface area contributed by atoms with Crippen molar-refractivity contribution in [3.05, 3.63) is 45.7 Å². The average Bonchev–Trinajstić information content (AvgIpc) is 2.86. The van der Waals surface area contributed by atoms with Crippen LogP contribution >= 0.6 is 11.6 Å². The average molecular weight is 392 g/mol. The summed E-state index contributed by atoms with van der Waals surface area (Å²) in [6, 6.07) is 5.83. The van der Waals surface area contributed by atoms with Gasteiger partial charge in [-0.05, 0) is 51.8 Å². The molecule has 0 fully saturated rings. The topological polar surface area (TPSA) is 63.5 Å². The lowest BCUT2D eigenvalue weighted by Gasteiger charge is -2.18. The van der Waals surface area contributed by atoms with E-state index >= 15 is 0 Å². The first-order valence-electron chi connectivity index (χ1n) is 9.22. The second-order valence-electron chi connectivity index (χ2n) is 6.67. The zero-order chi connectivity index (χ0) is 20.0. The molecule has 148 valence electrons. The molecule has 7 heteroatoms. The number of hydrogen-bond acceptors (Lipinski definition) is 3. The van der Waals surface area contributed by atoms with Gasteiger partial charge in [0.25, 0.3) is 0 Å². The molecule has 0 radical (unpaired) electrons. The van der Waals surface area contributed by atoms with Crippen LogP contribution in [0.15, 0.2) is 23.2 Å². The van der Waals surface area contributed by atoms with Crippen molar-refractivity contribution < 1.29 is 4.74 Å². The molecule has 1 atom stereocenters. The van der Waals surface area contributed by atoms with E-state index in [1.807, 2.05) is 29.9 Å². The number of rotatable bonds is 7. The molecule has 1 unspecified atom stereocenters. The molecule has 0 bridgehead atoms. The third kappa shape index (κ3) is 5.63. The summed E-state index contributed by atoms with van der Waals surface area (Å²) in [5.74, 6) is 1.53. The minimum atomic E-state index is 0.219. The smallest absolute Gasteiger partial charge is 0.191 e. The number of ether oxygens (including phenoxy) is 1. The Morgan fingerprint density at radius 2 is 2.11 bits per heavy atom. The van der Waals surface area contributed by atoms with Crippen LogP contribution in [0.5, 0.6) is 5.75 Å². The van der Waals surface area contributed by atoms with E-state index in [0.29, 0.717) is 11.6 Å². The van der Waals surface area contributed by atoms with Crippen molar-refractivity contribution in [2.24, 2.45) is 12.0 Å². The Labute approximate surface area is 167 Å². The molecule has 0 amide bonds. The summed E-state index contributed by atoms with van der Waals surface area (Å²) in [6.45, 7) is 9.67.